The number of aromatic nitrogens is 1. The Morgan fingerprint density at radius 3 is 2.97 bits per heavy atom. The van der Waals surface area contributed by atoms with Gasteiger partial charge in [-0.05, 0) is 74.0 Å². The summed E-state index contributed by atoms with van der Waals surface area (Å²) in [5, 5.41) is 19.9. The molecule has 1 N–H and O–H groups in total. The third-order valence-electron chi connectivity index (χ3n) is 6.49. The zero-order chi connectivity index (χ0) is 22.2. The van der Waals surface area contributed by atoms with Crippen LogP contribution in [0.5, 0.6) is 5.75 Å². The van der Waals surface area contributed by atoms with Crippen molar-refractivity contribution < 1.29 is 9.84 Å². The minimum atomic E-state index is 0.0207. The lowest BCUT2D eigenvalue weighted by Crippen LogP contribution is -2.26. The summed E-state index contributed by atoms with van der Waals surface area (Å²) in [4.78, 5) is 8.29. The molecule has 0 radical (unpaired) electrons. The van der Waals surface area contributed by atoms with Gasteiger partial charge in [-0.3, -0.25) is 4.90 Å². The molecule has 5 nitrogen and oxygen atoms in total. The van der Waals surface area contributed by atoms with Crippen molar-refractivity contribution in [1.82, 2.24) is 9.88 Å². The molecule has 2 atom stereocenters. The van der Waals surface area contributed by atoms with Crippen LogP contribution >= 0.6 is 11.3 Å². The quantitative estimate of drug-likeness (QED) is 0.575. The SMILES string of the molecule is CC(C)Oc1ccc(-c2ncc(-c3cccc4c3C[C@H]3CCN(CCO)C43)s2)cc1C#N. The number of thiazole rings is 1. The van der Waals surface area contributed by atoms with Gasteiger partial charge in [-0.25, -0.2) is 4.98 Å². The fourth-order valence-electron chi connectivity index (χ4n) is 5.21. The van der Waals surface area contributed by atoms with Crippen molar-refractivity contribution in [2.24, 2.45) is 5.92 Å². The first-order valence-electron chi connectivity index (χ1n) is 11.2. The molecule has 5 rings (SSSR count). The fourth-order valence-corrected chi connectivity index (χ4v) is 6.18. The molecule has 0 bridgehead atoms. The van der Waals surface area contributed by atoms with E-state index in [-0.39, 0.29) is 12.7 Å². The molecule has 0 amide bonds. The molecular formula is C26H27N3O2S. The lowest BCUT2D eigenvalue weighted by molar-refractivity contribution is 0.177. The van der Waals surface area contributed by atoms with E-state index < -0.39 is 0 Å². The van der Waals surface area contributed by atoms with Gasteiger partial charge < -0.3 is 9.84 Å². The molecule has 2 aliphatic rings. The highest BCUT2D eigenvalue weighted by Crippen LogP contribution is 2.49. The summed E-state index contributed by atoms with van der Waals surface area (Å²) in [6.07, 6.45) is 4.26. The fraction of sp³-hybridized carbons (Fsp3) is 0.385. The van der Waals surface area contributed by atoms with Crippen molar-refractivity contribution in [3.8, 4) is 32.8 Å². The number of fused-ring (bicyclic) bond motifs is 3. The predicted molar refractivity (Wildman–Crippen MR) is 127 cm³/mol. The predicted octanol–water partition coefficient (Wildman–Crippen LogP) is 5.05. The number of rotatable bonds is 6. The molecule has 32 heavy (non-hydrogen) atoms. The Morgan fingerprint density at radius 1 is 1.31 bits per heavy atom. The molecule has 1 fully saturated rings. The number of likely N-dealkylation sites (tertiary alicyclic amines) is 1. The highest BCUT2D eigenvalue weighted by molar-refractivity contribution is 7.18. The minimum absolute atomic E-state index is 0.0207. The van der Waals surface area contributed by atoms with E-state index in [0.717, 1.165) is 35.0 Å². The standard InChI is InChI=1S/C26H27N3O2S/c1-16(2)31-23-7-6-18(12-19(23)14-27)26-28-15-24(32-26)20-4-3-5-21-22(20)13-17-8-9-29(10-11-30)25(17)21/h3-7,12,15-17,25,30H,8-11,13H2,1-2H3/t17-,25?/m1/s1. The summed E-state index contributed by atoms with van der Waals surface area (Å²) in [5.74, 6) is 1.25. The average Bonchev–Trinajstić information content (AvgIpc) is 3.50. The Balaban J connectivity index is 1.46. The van der Waals surface area contributed by atoms with Crippen molar-refractivity contribution in [3.05, 3.63) is 59.3 Å². The van der Waals surface area contributed by atoms with Crippen LogP contribution in [-0.4, -0.2) is 40.8 Å². The van der Waals surface area contributed by atoms with E-state index in [1.54, 1.807) is 11.3 Å². The molecule has 0 spiro atoms. The summed E-state index contributed by atoms with van der Waals surface area (Å²) in [7, 11) is 0. The van der Waals surface area contributed by atoms with Crippen LogP contribution in [0.2, 0.25) is 0 Å². The van der Waals surface area contributed by atoms with E-state index in [9.17, 15) is 10.4 Å². The highest BCUT2D eigenvalue weighted by atomic mass is 32.1. The van der Waals surface area contributed by atoms with Gasteiger partial charge in [0.05, 0.1) is 23.2 Å². The van der Waals surface area contributed by atoms with Gasteiger partial charge >= 0.3 is 0 Å². The maximum absolute atomic E-state index is 9.56. The third-order valence-corrected chi connectivity index (χ3v) is 7.57. The van der Waals surface area contributed by atoms with Gasteiger partial charge in [0.15, 0.2) is 0 Å². The smallest absolute Gasteiger partial charge is 0.137 e. The van der Waals surface area contributed by atoms with Crippen LogP contribution in [0.1, 0.15) is 43.0 Å². The lowest BCUT2D eigenvalue weighted by Gasteiger charge is -2.24. The Kier molecular flexibility index (Phi) is 5.73. The van der Waals surface area contributed by atoms with E-state index in [2.05, 4.69) is 29.2 Å². The van der Waals surface area contributed by atoms with E-state index in [1.807, 2.05) is 38.2 Å². The molecule has 2 heterocycles. The number of hydrogen-bond acceptors (Lipinski definition) is 6. The van der Waals surface area contributed by atoms with E-state index in [0.29, 0.717) is 23.3 Å². The molecule has 1 unspecified atom stereocenters. The molecule has 2 aromatic carbocycles. The lowest BCUT2D eigenvalue weighted by atomic mass is 10.0. The van der Waals surface area contributed by atoms with E-state index in [4.69, 9.17) is 9.72 Å². The largest absolute Gasteiger partial charge is 0.490 e. The van der Waals surface area contributed by atoms with Crippen molar-refractivity contribution in [2.45, 2.75) is 38.8 Å². The second-order valence-electron chi connectivity index (χ2n) is 8.85. The zero-order valence-electron chi connectivity index (χ0n) is 18.4. The van der Waals surface area contributed by atoms with Crippen LogP contribution in [0.25, 0.3) is 21.0 Å². The second kappa shape index (κ2) is 8.67. The molecule has 6 heteroatoms. The van der Waals surface area contributed by atoms with E-state index in [1.165, 1.54) is 23.1 Å². The number of hydrogen-bond donors (Lipinski definition) is 1. The Labute approximate surface area is 192 Å². The van der Waals surface area contributed by atoms with Gasteiger partial charge in [0.2, 0.25) is 0 Å². The van der Waals surface area contributed by atoms with Crippen LogP contribution < -0.4 is 4.74 Å². The molecule has 1 aliphatic heterocycles. The average molecular weight is 446 g/mol. The third kappa shape index (κ3) is 3.71. The first-order valence-corrected chi connectivity index (χ1v) is 12.0. The summed E-state index contributed by atoms with van der Waals surface area (Å²) in [6.45, 7) is 5.94. The second-order valence-corrected chi connectivity index (χ2v) is 9.88. The molecular weight excluding hydrogens is 418 g/mol. The van der Waals surface area contributed by atoms with Crippen molar-refractivity contribution in [1.29, 1.82) is 5.26 Å². The van der Waals surface area contributed by atoms with Gasteiger partial charge in [0.25, 0.3) is 0 Å². The van der Waals surface area contributed by atoms with Gasteiger partial charge in [-0.1, -0.05) is 18.2 Å². The number of nitrogens with zero attached hydrogens (tertiary/aromatic N) is 3. The normalized spacial score (nSPS) is 19.7. The van der Waals surface area contributed by atoms with Crippen molar-refractivity contribution >= 4 is 11.3 Å². The summed E-state index contributed by atoms with van der Waals surface area (Å²) < 4.78 is 5.76. The number of aliphatic hydroxyl groups excluding tert-OH is 1. The maximum atomic E-state index is 9.56. The Hall–Kier alpha value is -2.72. The highest BCUT2D eigenvalue weighted by Gasteiger charge is 2.41. The molecule has 1 saturated heterocycles. The number of nitriles is 1. The van der Waals surface area contributed by atoms with Crippen LogP contribution in [0.15, 0.2) is 42.6 Å². The topological polar surface area (TPSA) is 69.4 Å². The van der Waals surface area contributed by atoms with Gasteiger partial charge in [0, 0.05) is 24.3 Å². The number of β-amino-alcohol motifs (C(OH)–C–C–N with tert-alkyl or cyclic N) is 1. The van der Waals surface area contributed by atoms with Crippen LogP contribution in [-0.2, 0) is 6.42 Å². The maximum Gasteiger partial charge on any atom is 0.137 e. The van der Waals surface area contributed by atoms with Crippen LogP contribution in [0, 0.1) is 17.2 Å². The first kappa shape index (κ1) is 21.1. The number of aliphatic hydroxyl groups is 1. The molecule has 164 valence electrons. The van der Waals surface area contributed by atoms with Crippen LogP contribution in [0.3, 0.4) is 0 Å². The molecule has 0 saturated carbocycles. The van der Waals surface area contributed by atoms with E-state index >= 15 is 0 Å². The summed E-state index contributed by atoms with van der Waals surface area (Å²) >= 11 is 1.67. The molecule has 1 aliphatic carbocycles. The monoisotopic (exact) mass is 445 g/mol. The summed E-state index contributed by atoms with van der Waals surface area (Å²) in [6, 6.07) is 15.0. The van der Waals surface area contributed by atoms with Gasteiger partial charge in [-0.2, -0.15) is 5.26 Å². The van der Waals surface area contributed by atoms with Crippen LogP contribution in [0.4, 0.5) is 0 Å². The number of ether oxygens (including phenoxy) is 1. The number of benzene rings is 2. The van der Waals surface area contributed by atoms with Crippen molar-refractivity contribution in [2.75, 3.05) is 19.7 Å². The molecule has 3 aromatic rings. The Morgan fingerprint density at radius 2 is 2.19 bits per heavy atom. The minimum Gasteiger partial charge on any atom is -0.490 e. The first-order chi connectivity index (χ1) is 15.6. The molecule has 1 aromatic heterocycles. The van der Waals surface area contributed by atoms with Crippen molar-refractivity contribution in [3.63, 3.8) is 0 Å². The summed E-state index contributed by atoms with van der Waals surface area (Å²) in [5.41, 5.74) is 5.58. The Bertz CT molecular complexity index is 1180. The van der Waals surface area contributed by atoms with Gasteiger partial charge in [0.1, 0.15) is 16.8 Å². The van der Waals surface area contributed by atoms with Gasteiger partial charge in [-0.15, -0.1) is 11.3 Å². The zero-order valence-corrected chi connectivity index (χ0v) is 19.2.